The van der Waals surface area contributed by atoms with Gasteiger partial charge >= 0.3 is 0 Å². The van der Waals surface area contributed by atoms with E-state index < -0.39 is 0 Å². The molecule has 1 N–H and O–H groups in total. The van der Waals surface area contributed by atoms with E-state index in [-0.39, 0.29) is 0 Å². The third-order valence-corrected chi connectivity index (χ3v) is 3.45. The normalized spacial score (nSPS) is 11.1. The van der Waals surface area contributed by atoms with E-state index in [1.165, 1.54) is 24.0 Å². The van der Waals surface area contributed by atoms with Crippen LogP contribution in [-0.4, -0.2) is 15.8 Å². The molecule has 3 nitrogen and oxygen atoms in total. The summed E-state index contributed by atoms with van der Waals surface area (Å²) in [5.41, 5.74) is 2.54. The zero-order valence-corrected chi connectivity index (χ0v) is 11.8. The molecule has 1 aromatic heterocycles. The van der Waals surface area contributed by atoms with E-state index in [9.17, 15) is 0 Å². The van der Waals surface area contributed by atoms with E-state index in [0.29, 0.717) is 6.04 Å². The van der Waals surface area contributed by atoms with Crippen LogP contribution in [0.25, 0.3) is 0 Å². The topological polar surface area (TPSA) is 29.9 Å². The molecule has 0 spiro atoms. The largest absolute Gasteiger partial charge is 0.310 e. The number of nitrogens with one attached hydrogen (secondary N) is 1. The molecular formula is C16H23N3. The van der Waals surface area contributed by atoms with Crippen LogP contribution in [0.15, 0.2) is 42.7 Å². The van der Waals surface area contributed by atoms with Gasteiger partial charge < -0.3 is 5.32 Å². The fourth-order valence-corrected chi connectivity index (χ4v) is 2.19. The lowest BCUT2D eigenvalue weighted by atomic mass is 10.1. The highest BCUT2D eigenvalue weighted by atomic mass is 15.3. The molecule has 0 radical (unpaired) electrons. The molecule has 1 heterocycles. The lowest BCUT2D eigenvalue weighted by Crippen LogP contribution is -2.26. The van der Waals surface area contributed by atoms with Gasteiger partial charge in [-0.05, 0) is 18.4 Å². The molecule has 19 heavy (non-hydrogen) atoms. The van der Waals surface area contributed by atoms with Crippen molar-refractivity contribution in [2.45, 2.75) is 45.8 Å². The molecule has 0 fully saturated rings. The van der Waals surface area contributed by atoms with Crippen molar-refractivity contribution in [2.24, 2.45) is 0 Å². The third kappa shape index (κ3) is 4.21. The molecule has 0 saturated carbocycles. The second-order valence-corrected chi connectivity index (χ2v) is 4.93. The number of hydrogen-bond acceptors (Lipinski definition) is 2. The average Bonchev–Trinajstić information content (AvgIpc) is 2.89. The number of nitrogens with zero attached hydrogens (tertiary/aromatic N) is 2. The van der Waals surface area contributed by atoms with Gasteiger partial charge in [0.25, 0.3) is 0 Å². The molecule has 0 aliphatic rings. The van der Waals surface area contributed by atoms with E-state index in [2.05, 4.69) is 54.7 Å². The number of benzene rings is 1. The highest BCUT2D eigenvalue weighted by Crippen LogP contribution is 2.05. The average molecular weight is 257 g/mol. The van der Waals surface area contributed by atoms with E-state index in [0.717, 1.165) is 13.1 Å². The standard InChI is InChI=1S/C16H23N3/c1-3-16(4-2)17-10-15-11-18-19(13-15)12-14-8-6-5-7-9-14/h5-9,11,13,16-17H,3-4,10,12H2,1-2H3. The summed E-state index contributed by atoms with van der Waals surface area (Å²) in [6.45, 7) is 6.19. The highest BCUT2D eigenvalue weighted by Gasteiger charge is 2.04. The van der Waals surface area contributed by atoms with E-state index in [1.54, 1.807) is 0 Å². The van der Waals surface area contributed by atoms with Gasteiger partial charge in [0.15, 0.2) is 0 Å². The van der Waals surface area contributed by atoms with Crippen molar-refractivity contribution in [1.82, 2.24) is 15.1 Å². The molecule has 0 saturated heterocycles. The molecule has 2 aromatic rings. The van der Waals surface area contributed by atoms with Gasteiger partial charge in [0.05, 0.1) is 12.7 Å². The summed E-state index contributed by atoms with van der Waals surface area (Å²) in [4.78, 5) is 0. The summed E-state index contributed by atoms with van der Waals surface area (Å²) in [7, 11) is 0. The Bertz CT molecular complexity index is 472. The van der Waals surface area contributed by atoms with Crippen molar-refractivity contribution < 1.29 is 0 Å². The smallest absolute Gasteiger partial charge is 0.0659 e. The van der Waals surface area contributed by atoms with Gasteiger partial charge in [0.1, 0.15) is 0 Å². The predicted octanol–water partition coefficient (Wildman–Crippen LogP) is 3.21. The van der Waals surface area contributed by atoms with E-state index in [1.807, 2.05) is 16.9 Å². The molecule has 2 rings (SSSR count). The van der Waals surface area contributed by atoms with Crippen LogP contribution in [-0.2, 0) is 13.1 Å². The van der Waals surface area contributed by atoms with E-state index in [4.69, 9.17) is 0 Å². The Morgan fingerprint density at radius 3 is 2.53 bits per heavy atom. The second-order valence-electron chi connectivity index (χ2n) is 4.93. The molecule has 0 atom stereocenters. The highest BCUT2D eigenvalue weighted by molar-refractivity contribution is 5.15. The van der Waals surface area contributed by atoms with Crippen molar-refractivity contribution in [3.8, 4) is 0 Å². The lowest BCUT2D eigenvalue weighted by molar-refractivity contribution is 0.484. The van der Waals surface area contributed by atoms with Crippen LogP contribution in [0.3, 0.4) is 0 Å². The minimum absolute atomic E-state index is 0.609. The van der Waals surface area contributed by atoms with Crippen LogP contribution >= 0.6 is 0 Å². The van der Waals surface area contributed by atoms with Crippen molar-refractivity contribution in [2.75, 3.05) is 0 Å². The SMILES string of the molecule is CCC(CC)NCc1cnn(Cc2ccccc2)c1. The Balaban J connectivity index is 1.88. The molecule has 0 unspecified atom stereocenters. The van der Waals surface area contributed by atoms with Gasteiger partial charge in [-0.2, -0.15) is 5.10 Å². The maximum Gasteiger partial charge on any atom is 0.0659 e. The Morgan fingerprint density at radius 1 is 1.11 bits per heavy atom. The molecule has 0 aliphatic heterocycles. The minimum Gasteiger partial charge on any atom is -0.310 e. The fourth-order valence-electron chi connectivity index (χ4n) is 2.19. The van der Waals surface area contributed by atoms with E-state index >= 15 is 0 Å². The molecule has 102 valence electrons. The summed E-state index contributed by atoms with van der Waals surface area (Å²) >= 11 is 0. The number of hydrogen-bond donors (Lipinski definition) is 1. The van der Waals surface area contributed by atoms with Crippen LogP contribution in [0.4, 0.5) is 0 Å². The first kappa shape index (κ1) is 13.8. The summed E-state index contributed by atoms with van der Waals surface area (Å²) in [5, 5.41) is 7.98. The summed E-state index contributed by atoms with van der Waals surface area (Å²) in [6.07, 6.45) is 6.43. The molecular weight excluding hydrogens is 234 g/mol. The van der Waals surface area contributed by atoms with Gasteiger partial charge in [0, 0.05) is 24.3 Å². The molecule has 0 bridgehead atoms. The number of aromatic nitrogens is 2. The minimum atomic E-state index is 0.609. The fraction of sp³-hybridized carbons (Fsp3) is 0.438. The van der Waals surface area contributed by atoms with Crippen molar-refractivity contribution in [3.63, 3.8) is 0 Å². The maximum atomic E-state index is 4.42. The zero-order valence-electron chi connectivity index (χ0n) is 11.8. The quantitative estimate of drug-likeness (QED) is 0.825. The van der Waals surface area contributed by atoms with Crippen LogP contribution in [0.5, 0.6) is 0 Å². The maximum absolute atomic E-state index is 4.42. The van der Waals surface area contributed by atoms with Crippen molar-refractivity contribution >= 4 is 0 Å². The first-order valence-electron chi connectivity index (χ1n) is 7.10. The number of rotatable bonds is 7. The second kappa shape index (κ2) is 7.10. The molecule has 3 heteroatoms. The summed E-state index contributed by atoms with van der Waals surface area (Å²) in [6, 6.07) is 11.0. The Labute approximate surface area is 115 Å². The molecule has 1 aromatic carbocycles. The summed E-state index contributed by atoms with van der Waals surface area (Å²) < 4.78 is 2.00. The van der Waals surface area contributed by atoms with Crippen molar-refractivity contribution in [1.29, 1.82) is 0 Å². The van der Waals surface area contributed by atoms with Crippen LogP contribution in [0.2, 0.25) is 0 Å². The first-order valence-corrected chi connectivity index (χ1v) is 7.10. The van der Waals surface area contributed by atoms with Gasteiger partial charge in [-0.1, -0.05) is 44.2 Å². The Morgan fingerprint density at radius 2 is 1.84 bits per heavy atom. The first-order chi connectivity index (χ1) is 9.31. The Kier molecular flexibility index (Phi) is 5.16. The van der Waals surface area contributed by atoms with Gasteiger partial charge in [-0.25, -0.2) is 0 Å². The monoisotopic (exact) mass is 257 g/mol. The predicted molar refractivity (Wildman–Crippen MR) is 79.0 cm³/mol. The molecule has 0 aliphatic carbocycles. The zero-order chi connectivity index (χ0) is 13.5. The van der Waals surface area contributed by atoms with Crippen LogP contribution < -0.4 is 5.32 Å². The van der Waals surface area contributed by atoms with Crippen molar-refractivity contribution in [3.05, 3.63) is 53.9 Å². The molecule has 0 amide bonds. The lowest BCUT2D eigenvalue weighted by Gasteiger charge is -2.13. The van der Waals surface area contributed by atoms with Crippen LogP contribution in [0.1, 0.15) is 37.8 Å². The van der Waals surface area contributed by atoms with Gasteiger partial charge in [-0.15, -0.1) is 0 Å². The van der Waals surface area contributed by atoms with Gasteiger partial charge in [0.2, 0.25) is 0 Å². The van der Waals surface area contributed by atoms with Crippen LogP contribution in [0, 0.1) is 0 Å². The Hall–Kier alpha value is -1.61. The summed E-state index contributed by atoms with van der Waals surface area (Å²) in [5.74, 6) is 0. The van der Waals surface area contributed by atoms with Gasteiger partial charge in [-0.3, -0.25) is 4.68 Å². The third-order valence-electron chi connectivity index (χ3n) is 3.45.